The Kier molecular flexibility index (Phi) is 3.04. The number of nitrogens with two attached hydrogens (primary N) is 1. The van der Waals surface area contributed by atoms with Crippen molar-refractivity contribution in [1.29, 1.82) is 0 Å². The zero-order valence-corrected chi connectivity index (χ0v) is 10.7. The van der Waals surface area contributed by atoms with E-state index in [1.165, 1.54) is 12.7 Å². The van der Waals surface area contributed by atoms with E-state index >= 15 is 0 Å². The molecule has 0 aromatic carbocycles. The number of alkyl halides is 2. The van der Waals surface area contributed by atoms with Crippen molar-refractivity contribution in [3.8, 4) is 0 Å². The van der Waals surface area contributed by atoms with E-state index in [0.717, 1.165) is 0 Å². The topological polar surface area (TPSA) is 89.9 Å². The Hall–Kier alpha value is -1.83. The van der Waals surface area contributed by atoms with Crippen LogP contribution in [0, 0.1) is 11.8 Å². The van der Waals surface area contributed by atoms with Crippen LogP contribution in [-0.4, -0.2) is 37.2 Å². The Morgan fingerprint density at radius 3 is 2.85 bits per heavy atom. The lowest BCUT2D eigenvalue weighted by Gasteiger charge is -2.02. The van der Waals surface area contributed by atoms with E-state index in [-0.39, 0.29) is 19.0 Å². The molecule has 1 fully saturated rings. The third-order valence-corrected chi connectivity index (χ3v) is 3.86. The molecule has 2 aromatic heterocycles. The number of aromatic nitrogens is 4. The first kappa shape index (κ1) is 13.2. The summed E-state index contributed by atoms with van der Waals surface area (Å²) in [7, 11) is 0. The normalized spacial score (nSPS) is 24.1. The lowest BCUT2D eigenvalue weighted by molar-refractivity contribution is 0.0791. The molecule has 0 saturated heterocycles. The predicted octanol–water partition coefficient (Wildman–Crippen LogP) is 1.06. The van der Waals surface area contributed by atoms with Crippen LogP contribution in [0.15, 0.2) is 12.7 Å². The molecule has 0 spiro atoms. The molecule has 1 aliphatic carbocycles. The molecular formula is C12H15F2N5O. The number of aliphatic hydroxyl groups is 1. The zero-order valence-electron chi connectivity index (χ0n) is 10.7. The fourth-order valence-corrected chi connectivity index (χ4v) is 2.66. The molecular weight excluding hydrogens is 268 g/mol. The van der Waals surface area contributed by atoms with Crippen LogP contribution in [0.1, 0.15) is 12.8 Å². The zero-order chi connectivity index (χ0) is 14.3. The van der Waals surface area contributed by atoms with Gasteiger partial charge in [0.1, 0.15) is 11.8 Å². The summed E-state index contributed by atoms with van der Waals surface area (Å²) >= 11 is 0. The minimum atomic E-state index is -2.68. The molecule has 0 bridgehead atoms. The number of halogens is 2. The van der Waals surface area contributed by atoms with Crippen molar-refractivity contribution in [1.82, 2.24) is 19.5 Å². The number of rotatable bonds is 5. The van der Waals surface area contributed by atoms with Crippen LogP contribution < -0.4 is 5.73 Å². The van der Waals surface area contributed by atoms with Gasteiger partial charge in [0, 0.05) is 25.0 Å². The molecule has 8 heteroatoms. The van der Waals surface area contributed by atoms with Crippen molar-refractivity contribution < 1.29 is 13.9 Å². The van der Waals surface area contributed by atoms with Crippen molar-refractivity contribution >= 4 is 17.0 Å². The molecule has 20 heavy (non-hydrogen) atoms. The van der Waals surface area contributed by atoms with Crippen molar-refractivity contribution in [2.45, 2.75) is 25.3 Å². The summed E-state index contributed by atoms with van der Waals surface area (Å²) < 4.78 is 29.0. The Bertz CT molecular complexity index is 629. The van der Waals surface area contributed by atoms with Crippen molar-refractivity contribution in [2.75, 3.05) is 12.3 Å². The molecule has 1 saturated carbocycles. The predicted molar refractivity (Wildman–Crippen MR) is 68.0 cm³/mol. The van der Waals surface area contributed by atoms with Crippen LogP contribution in [-0.2, 0) is 6.54 Å². The van der Waals surface area contributed by atoms with E-state index in [2.05, 4.69) is 15.0 Å². The van der Waals surface area contributed by atoms with Gasteiger partial charge in [-0.2, -0.15) is 0 Å². The van der Waals surface area contributed by atoms with Gasteiger partial charge in [-0.1, -0.05) is 0 Å². The van der Waals surface area contributed by atoms with E-state index < -0.39 is 17.8 Å². The summed E-state index contributed by atoms with van der Waals surface area (Å²) in [5.41, 5.74) is 6.57. The number of imidazole rings is 1. The van der Waals surface area contributed by atoms with Gasteiger partial charge in [0.05, 0.1) is 6.33 Å². The summed E-state index contributed by atoms with van der Waals surface area (Å²) in [6.45, 7) is 0.0904. The van der Waals surface area contributed by atoms with Gasteiger partial charge in [0.2, 0.25) is 0 Å². The molecule has 0 unspecified atom stereocenters. The second-order valence-corrected chi connectivity index (χ2v) is 5.08. The quantitative estimate of drug-likeness (QED) is 0.856. The fraction of sp³-hybridized carbons (Fsp3) is 0.583. The lowest BCUT2D eigenvalue weighted by Crippen LogP contribution is -2.05. The third-order valence-electron chi connectivity index (χ3n) is 3.86. The molecule has 2 aromatic rings. The monoisotopic (exact) mass is 283 g/mol. The van der Waals surface area contributed by atoms with Gasteiger partial charge in [0.15, 0.2) is 11.5 Å². The first-order chi connectivity index (χ1) is 9.55. The van der Waals surface area contributed by atoms with E-state index in [1.807, 2.05) is 0 Å². The maximum Gasteiger partial charge on any atom is 0.256 e. The fourth-order valence-electron chi connectivity index (χ4n) is 2.66. The maximum atomic E-state index is 13.7. The number of aliphatic hydroxyl groups excluding tert-OH is 1. The van der Waals surface area contributed by atoms with Gasteiger partial charge in [-0.3, -0.25) is 0 Å². The van der Waals surface area contributed by atoms with E-state index in [4.69, 9.17) is 10.8 Å². The Morgan fingerprint density at radius 2 is 2.10 bits per heavy atom. The number of anilines is 1. The van der Waals surface area contributed by atoms with Gasteiger partial charge >= 0.3 is 0 Å². The maximum absolute atomic E-state index is 13.7. The van der Waals surface area contributed by atoms with Gasteiger partial charge in [-0.05, 0) is 12.8 Å². The third kappa shape index (κ3) is 2.00. The summed E-state index contributed by atoms with van der Waals surface area (Å²) in [4.78, 5) is 11.9. The van der Waals surface area contributed by atoms with E-state index in [9.17, 15) is 8.78 Å². The van der Waals surface area contributed by atoms with Gasteiger partial charge in [-0.25, -0.2) is 23.7 Å². The van der Waals surface area contributed by atoms with Crippen LogP contribution in [0.4, 0.5) is 14.6 Å². The minimum absolute atomic E-state index is 0.0585. The summed E-state index contributed by atoms with van der Waals surface area (Å²) in [5.74, 6) is -3.84. The van der Waals surface area contributed by atoms with Crippen LogP contribution in [0.3, 0.4) is 0 Å². The highest BCUT2D eigenvalue weighted by molar-refractivity contribution is 5.81. The molecule has 6 nitrogen and oxygen atoms in total. The van der Waals surface area contributed by atoms with Crippen molar-refractivity contribution in [3.63, 3.8) is 0 Å². The van der Waals surface area contributed by atoms with Crippen LogP contribution in [0.5, 0.6) is 0 Å². The molecule has 1 aliphatic rings. The van der Waals surface area contributed by atoms with Crippen molar-refractivity contribution in [2.24, 2.45) is 11.8 Å². The Balaban J connectivity index is 1.79. The SMILES string of the molecule is Nc1ncnc2c1ncn2C[C@@H]1[C@H](CCCO)C1(F)F. The van der Waals surface area contributed by atoms with Crippen LogP contribution in [0.2, 0.25) is 0 Å². The number of fused-ring (bicyclic) bond motifs is 1. The Morgan fingerprint density at radius 1 is 1.30 bits per heavy atom. The average Bonchev–Trinajstić information content (AvgIpc) is 2.74. The molecule has 0 amide bonds. The number of nitrogens with zero attached hydrogens (tertiary/aromatic N) is 4. The van der Waals surface area contributed by atoms with Crippen molar-refractivity contribution in [3.05, 3.63) is 12.7 Å². The highest BCUT2D eigenvalue weighted by Gasteiger charge is 2.67. The van der Waals surface area contributed by atoms with Crippen LogP contribution >= 0.6 is 0 Å². The van der Waals surface area contributed by atoms with E-state index in [0.29, 0.717) is 24.0 Å². The number of nitrogen functional groups attached to an aromatic ring is 1. The first-order valence-electron chi connectivity index (χ1n) is 6.45. The number of hydrogen-bond donors (Lipinski definition) is 2. The van der Waals surface area contributed by atoms with Gasteiger partial charge in [-0.15, -0.1) is 0 Å². The largest absolute Gasteiger partial charge is 0.396 e. The smallest absolute Gasteiger partial charge is 0.256 e. The second-order valence-electron chi connectivity index (χ2n) is 5.08. The molecule has 108 valence electrons. The molecule has 2 heterocycles. The first-order valence-corrected chi connectivity index (χ1v) is 6.45. The highest BCUT2D eigenvalue weighted by Crippen LogP contribution is 2.58. The molecule has 3 rings (SSSR count). The second kappa shape index (κ2) is 4.62. The number of hydrogen-bond acceptors (Lipinski definition) is 5. The Labute approximate surface area is 113 Å². The molecule has 0 aliphatic heterocycles. The molecule has 2 atom stereocenters. The summed E-state index contributed by atoms with van der Waals surface area (Å²) in [6, 6.07) is 0. The summed E-state index contributed by atoms with van der Waals surface area (Å²) in [6.07, 6.45) is 3.49. The standard InChI is InChI=1S/C12H15F2N5O/c13-12(14)7(2-1-3-20)8(12)4-19-6-18-9-10(15)16-5-17-11(9)19/h5-8,20H,1-4H2,(H2,15,16,17)/t7-,8+/m0/s1. The molecule has 3 N–H and O–H groups in total. The molecule has 0 radical (unpaired) electrons. The lowest BCUT2D eigenvalue weighted by atomic mass is 10.2. The van der Waals surface area contributed by atoms with Gasteiger partial charge < -0.3 is 15.4 Å². The highest BCUT2D eigenvalue weighted by atomic mass is 19.3. The summed E-state index contributed by atoms with van der Waals surface area (Å²) in [5, 5.41) is 8.74. The average molecular weight is 283 g/mol. The minimum Gasteiger partial charge on any atom is -0.396 e. The van der Waals surface area contributed by atoms with Gasteiger partial charge in [0.25, 0.3) is 5.92 Å². The van der Waals surface area contributed by atoms with E-state index in [1.54, 1.807) is 4.57 Å². The van der Waals surface area contributed by atoms with Crippen LogP contribution in [0.25, 0.3) is 11.2 Å².